The molecule has 0 bridgehead atoms. The van der Waals surface area contributed by atoms with E-state index in [4.69, 9.17) is 4.74 Å². The number of rotatable bonds is 3. The number of aromatic carboxylic acids is 1. The standard InChI is InChI=1S/C15H9F2NO3S/c1-21-14-12(17)9(4-5-18-14)11-8-3-2-7(16)6-10(8)22-13(11)15(19)20/h2-6H,1H3,(H,19,20). The lowest BCUT2D eigenvalue weighted by Crippen LogP contribution is -1.98. The van der Waals surface area contributed by atoms with E-state index in [0.717, 1.165) is 11.3 Å². The van der Waals surface area contributed by atoms with Gasteiger partial charge in [-0.05, 0) is 24.3 Å². The minimum absolute atomic E-state index is 0.0575. The van der Waals surface area contributed by atoms with Crippen LogP contribution in [-0.2, 0) is 0 Å². The second-order valence-corrected chi connectivity index (χ2v) is 5.49. The predicted octanol–water partition coefficient (Wildman–Crippen LogP) is 3.95. The Hall–Kier alpha value is -2.54. The van der Waals surface area contributed by atoms with E-state index >= 15 is 0 Å². The lowest BCUT2D eigenvalue weighted by atomic mass is 10.0. The zero-order valence-corrected chi connectivity index (χ0v) is 12.1. The predicted molar refractivity (Wildman–Crippen MR) is 78.5 cm³/mol. The molecule has 0 radical (unpaired) electrons. The third kappa shape index (κ3) is 2.19. The third-order valence-electron chi connectivity index (χ3n) is 3.17. The number of carboxylic acids is 1. The van der Waals surface area contributed by atoms with E-state index in [2.05, 4.69) is 4.98 Å². The molecule has 4 nitrogen and oxygen atoms in total. The minimum atomic E-state index is -1.20. The average Bonchev–Trinajstić information content (AvgIpc) is 2.86. The van der Waals surface area contributed by atoms with Crippen molar-refractivity contribution in [2.24, 2.45) is 0 Å². The summed E-state index contributed by atoms with van der Waals surface area (Å²) in [6, 6.07) is 5.25. The highest BCUT2D eigenvalue weighted by Crippen LogP contribution is 2.41. The first-order chi connectivity index (χ1) is 10.5. The Labute approximate surface area is 127 Å². The fourth-order valence-corrected chi connectivity index (χ4v) is 3.33. The normalized spacial score (nSPS) is 10.9. The van der Waals surface area contributed by atoms with Crippen molar-refractivity contribution in [3.8, 4) is 17.0 Å². The van der Waals surface area contributed by atoms with Crippen molar-refractivity contribution >= 4 is 27.4 Å². The van der Waals surface area contributed by atoms with Crippen molar-refractivity contribution in [1.82, 2.24) is 4.98 Å². The third-order valence-corrected chi connectivity index (χ3v) is 4.31. The van der Waals surface area contributed by atoms with Crippen molar-refractivity contribution in [3.63, 3.8) is 0 Å². The fourth-order valence-electron chi connectivity index (χ4n) is 2.25. The van der Waals surface area contributed by atoms with Crippen LogP contribution in [0.3, 0.4) is 0 Å². The Bertz CT molecular complexity index is 892. The molecule has 0 aliphatic carbocycles. The van der Waals surface area contributed by atoms with E-state index in [9.17, 15) is 18.7 Å². The van der Waals surface area contributed by atoms with Gasteiger partial charge in [0.05, 0.1) is 7.11 Å². The number of methoxy groups -OCH3 is 1. The van der Waals surface area contributed by atoms with Gasteiger partial charge in [0.15, 0.2) is 5.82 Å². The van der Waals surface area contributed by atoms with Crippen LogP contribution in [0.25, 0.3) is 21.2 Å². The first-order valence-corrected chi connectivity index (χ1v) is 6.98. The van der Waals surface area contributed by atoms with Gasteiger partial charge >= 0.3 is 5.97 Å². The van der Waals surface area contributed by atoms with Crippen molar-refractivity contribution in [3.05, 3.63) is 47.0 Å². The summed E-state index contributed by atoms with van der Waals surface area (Å²) >= 11 is 0.896. The molecule has 0 aliphatic rings. The van der Waals surface area contributed by atoms with Crippen LogP contribution in [0, 0.1) is 11.6 Å². The Morgan fingerprint density at radius 2 is 2.09 bits per heavy atom. The van der Waals surface area contributed by atoms with Gasteiger partial charge < -0.3 is 9.84 Å². The van der Waals surface area contributed by atoms with Gasteiger partial charge in [0.1, 0.15) is 10.7 Å². The van der Waals surface area contributed by atoms with Gasteiger partial charge in [-0.25, -0.2) is 18.6 Å². The summed E-state index contributed by atoms with van der Waals surface area (Å²) < 4.78 is 33.0. The molecule has 1 N–H and O–H groups in total. The number of thiophene rings is 1. The zero-order valence-electron chi connectivity index (χ0n) is 11.3. The number of hydrogen-bond donors (Lipinski definition) is 1. The van der Waals surface area contributed by atoms with Crippen LogP contribution >= 0.6 is 11.3 Å². The molecule has 0 atom stereocenters. The number of fused-ring (bicyclic) bond motifs is 1. The van der Waals surface area contributed by atoms with Crippen molar-refractivity contribution in [2.45, 2.75) is 0 Å². The van der Waals surface area contributed by atoms with Crippen LogP contribution in [0.15, 0.2) is 30.5 Å². The molecule has 3 rings (SSSR count). The monoisotopic (exact) mass is 321 g/mol. The number of ether oxygens (including phenoxy) is 1. The van der Waals surface area contributed by atoms with Crippen LogP contribution in [0.5, 0.6) is 5.88 Å². The second kappa shape index (κ2) is 5.34. The van der Waals surface area contributed by atoms with Crippen LogP contribution < -0.4 is 4.74 Å². The highest BCUT2D eigenvalue weighted by Gasteiger charge is 2.23. The van der Waals surface area contributed by atoms with Gasteiger partial charge in [-0.2, -0.15) is 0 Å². The van der Waals surface area contributed by atoms with E-state index in [1.54, 1.807) is 0 Å². The highest BCUT2D eigenvalue weighted by atomic mass is 32.1. The number of hydrogen-bond acceptors (Lipinski definition) is 4. The fraction of sp³-hybridized carbons (Fsp3) is 0.0667. The number of halogens is 2. The molecule has 112 valence electrons. The van der Waals surface area contributed by atoms with Crippen LogP contribution in [0.2, 0.25) is 0 Å². The Morgan fingerprint density at radius 1 is 1.32 bits per heavy atom. The highest BCUT2D eigenvalue weighted by molar-refractivity contribution is 7.21. The molecule has 2 aromatic heterocycles. The van der Waals surface area contributed by atoms with Gasteiger partial charge in [-0.1, -0.05) is 0 Å². The zero-order chi connectivity index (χ0) is 15.9. The average molecular weight is 321 g/mol. The van der Waals surface area contributed by atoms with Gasteiger partial charge in [0.2, 0.25) is 0 Å². The molecule has 0 unspecified atom stereocenters. The molecule has 22 heavy (non-hydrogen) atoms. The molecule has 0 saturated heterocycles. The maximum atomic E-state index is 14.4. The van der Waals surface area contributed by atoms with Gasteiger partial charge in [0.25, 0.3) is 5.88 Å². The number of benzene rings is 1. The summed E-state index contributed by atoms with van der Waals surface area (Å²) in [5.74, 6) is -2.66. The van der Waals surface area contributed by atoms with Gasteiger partial charge in [0, 0.05) is 27.4 Å². The Kier molecular flexibility index (Phi) is 3.50. The maximum Gasteiger partial charge on any atom is 0.346 e. The van der Waals surface area contributed by atoms with E-state index < -0.39 is 17.6 Å². The lowest BCUT2D eigenvalue weighted by Gasteiger charge is -2.07. The summed E-state index contributed by atoms with van der Waals surface area (Å²) in [6.45, 7) is 0. The SMILES string of the molecule is COc1nccc(-c2c(C(=O)O)sc3cc(F)ccc23)c1F. The first kappa shape index (κ1) is 14.4. The smallest absolute Gasteiger partial charge is 0.346 e. The number of pyridine rings is 1. The van der Waals surface area contributed by atoms with Crippen molar-refractivity contribution in [1.29, 1.82) is 0 Å². The van der Waals surface area contributed by atoms with Gasteiger partial charge in [-0.15, -0.1) is 11.3 Å². The van der Waals surface area contributed by atoms with E-state index in [-0.39, 0.29) is 21.9 Å². The molecule has 3 aromatic rings. The molecule has 0 aliphatic heterocycles. The number of carboxylic acid groups (broad SMARTS) is 1. The minimum Gasteiger partial charge on any atom is -0.479 e. The van der Waals surface area contributed by atoms with Crippen LogP contribution in [0.1, 0.15) is 9.67 Å². The second-order valence-electron chi connectivity index (χ2n) is 4.43. The Balaban J connectivity index is 2.39. The van der Waals surface area contributed by atoms with Crippen molar-refractivity contribution < 1.29 is 23.4 Å². The molecule has 0 spiro atoms. The molecular formula is C15H9F2NO3S. The first-order valence-electron chi connectivity index (χ1n) is 6.17. The van der Waals surface area contributed by atoms with E-state index in [1.165, 1.54) is 37.6 Å². The summed E-state index contributed by atoms with van der Waals surface area (Å²) in [5.41, 5.74) is 0.257. The number of nitrogens with zero attached hydrogens (tertiary/aromatic N) is 1. The summed E-state index contributed by atoms with van der Waals surface area (Å²) in [6.07, 6.45) is 1.33. The molecule has 0 amide bonds. The van der Waals surface area contributed by atoms with Crippen LogP contribution in [0.4, 0.5) is 8.78 Å². The quantitative estimate of drug-likeness (QED) is 0.793. The molecule has 0 fully saturated rings. The topological polar surface area (TPSA) is 59.4 Å². The van der Waals surface area contributed by atoms with E-state index in [0.29, 0.717) is 10.1 Å². The molecular weight excluding hydrogens is 312 g/mol. The molecule has 7 heteroatoms. The lowest BCUT2D eigenvalue weighted by molar-refractivity contribution is 0.0703. The summed E-state index contributed by atoms with van der Waals surface area (Å²) in [4.78, 5) is 15.1. The number of aromatic nitrogens is 1. The van der Waals surface area contributed by atoms with Crippen LogP contribution in [-0.4, -0.2) is 23.2 Å². The summed E-state index contributed by atoms with van der Waals surface area (Å²) in [5, 5.41) is 9.83. The van der Waals surface area contributed by atoms with Gasteiger partial charge in [-0.3, -0.25) is 0 Å². The van der Waals surface area contributed by atoms with E-state index in [1.807, 2.05) is 0 Å². The molecule has 2 heterocycles. The molecule has 1 aromatic carbocycles. The maximum absolute atomic E-state index is 14.4. The van der Waals surface area contributed by atoms with Crippen molar-refractivity contribution in [2.75, 3.05) is 7.11 Å². The largest absolute Gasteiger partial charge is 0.479 e. The summed E-state index contributed by atoms with van der Waals surface area (Å²) in [7, 11) is 1.27. The molecule has 0 saturated carbocycles. The number of carbonyl (C=O) groups is 1. The Morgan fingerprint density at radius 3 is 2.77 bits per heavy atom.